The fourth-order valence-corrected chi connectivity index (χ4v) is 6.35. The summed E-state index contributed by atoms with van der Waals surface area (Å²) in [6.45, 7) is -3.31. The molecule has 4 aromatic rings. The van der Waals surface area contributed by atoms with Gasteiger partial charge in [0.15, 0.2) is 11.9 Å². The van der Waals surface area contributed by atoms with Crippen LogP contribution in [0.15, 0.2) is 121 Å². The summed E-state index contributed by atoms with van der Waals surface area (Å²) < 4.78 is 130. The minimum absolute atomic E-state index is 0.296. The number of carbonyl (C=O) groups excluding carboxylic acids is 1. The SMILES string of the molecule is O=C1OC(C(CO)OP(=O)(OCc2ccccc2)OCc2ccccc2)C(OCc2ccccc2C(F)(F)F)=C1OCc1ccccc1C(F)(F)F. The summed E-state index contributed by atoms with van der Waals surface area (Å²) in [7, 11) is -4.68. The predicted molar refractivity (Wildman–Crippen MR) is 171 cm³/mol. The van der Waals surface area contributed by atoms with Gasteiger partial charge in [0.1, 0.15) is 19.3 Å². The first-order valence-electron chi connectivity index (χ1n) is 15.5. The van der Waals surface area contributed by atoms with Gasteiger partial charge >= 0.3 is 26.1 Å². The van der Waals surface area contributed by atoms with Crippen molar-refractivity contribution in [1.29, 1.82) is 0 Å². The maximum Gasteiger partial charge on any atom is 0.475 e. The van der Waals surface area contributed by atoms with Gasteiger partial charge in [-0.2, -0.15) is 26.3 Å². The van der Waals surface area contributed by atoms with E-state index in [0.29, 0.717) is 11.1 Å². The van der Waals surface area contributed by atoms with Crippen molar-refractivity contribution in [3.05, 3.63) is 154 Å². The van der Waals surface area contributed by atoms with E-state index in [2.05, 4.69) is 0 Å². The average Bonchev–Trinajstić information content (AvgIpc) is 3.45. The topological polar surface area (TPSA) is 110 Å². The molecule has 0 saturated carbocycles. The lowest BCUT2D eigenvalue weighted by molar-refractivity contribution is -0.148. The van der Waals surface area contributed by atoms with Crippen LogP contribution in [0.4, 0.5) is 26.3 Å². The lowest BCUT2D eigenvalue weighted by Crippen LogP contribution is -2.35. The van der Waals surface area contributed by atoms with Gasteiger partial charge in [0.05, 0.1) is 30.9 Å². The van der Waals surface area contributed by atoms with E-state index in [0.717, 1.165) is 36.4 Å². The maximum atomic E-state index is 14.1. The Balaban J connectivity index is 1.47. The van der Waals surface area contributed by atoms with E-state index in [1.54, 1.807) is 60.7 Å². The molecule has 1 heterocycles. The summed E-state index contributed by atoms with van der Waals surface area (Å²) in [4.78, 5) is 13.2. The maximum absolute atomic E-state index is 14.1. The molecule has 2 unspecified atom stereocenters. The number of rotatable bonds is 16. The normalized spacial score (nSPS) is 15.8. The van der Waals surface area contributed by atoms with E-state index < -0.39 is 80.8 Å². The predicted octanol–water partition coefficient (Wildman–Crippen LogP) is 8.51. The fraction of sp³-hybridized carbons (Fsp3) is 0.250. The number of aliphatic hydroxyl groups is 1. The third-order valence-electron chi connectivity index (χ3n) is 7.55. The molecule has 0 aliphatic carbocycles. The highest BCUT2D eigenvalue weighted by Crippen LogP contribution is 2.53. The lowest BCUT2D eigenvalue weighted by atomic mass is 10.1. The number of carbonyl (C=O) groups is 1. The third-order valence-corrected chi connectivity index (χ3v) is 8.97. The minimum Gasteiger partial charge on any atom is -0.485 e. The van der Waals surface area contributed by atoms with Crippen LogP contribution >= 0.6 is 7.82 Å². The molecule has 1 N–H and O–H groups in total. The smallest absolute Gasteiger partial charge is 0.475 e. The Morgan fingerprint density at radius 1 is 0.654 bits per heavy atom. The van der Waals surface area contributed by atoms with Gasteiger partial charge in [0.2, 0.25) is 5.76 Å². The van der Waals surface area contributed by atoms with Crippen LogP contribution in [-0.4, -0.2) is 29.9 Å². The third kappa shape index (κ3) is 10.0. The second-order valence-electron chi connectivity index (χ2n) is 11.2. The summed E-state index contributed by atoms with van der Waals surface area (Å²) in [6, 6.07) is 25.7. The molecule has 276 valence electrons. The molecule has 0 fully saturated rings. The van der Waals surface area contributed by atoms with Crippen LogP contribution in [0.5, 0.6) is 0 Å². The Bertz CT molecular complexity index is 1840. The molecule has 0 radical (unpaired) electrons. The van der Waals surface area contributed by atoms with Crippen LogP contribution in [0.1, 0.15) is 33.4 Å². The lowest BCUT2D eigenvalue weighted by Gasteiger charge is -2.27. The van der Waals surface area contributed by atoms with E-state index in [1.165, 1.54) is 12.1 Å². The Morgan fingerprint density at radius 3 is 1.56 bits per heavy atom. The number of hydrogen-bond donors (Lipinski definition) is 1. The van der Waals surface area contributed by atoms with Gasteiger partial charge in [-0.05, 0) is 23.3 Å². The Kier molecular flexibility index (Phi) is 12.4. The van der Waals surface area contributed by atoms with Crippen LogP contribution < -0.4 is 0 Å². The molecule has 1 aliphatic rings. The summed E-state index contributed by atoms with van der Waals surface area (Å²) >= 11 is 0. The Morgan fingerprint density at radius 2 is 1.10 bits per heavy atom. The van der Waals surface area contributed by atoms with E-state index >= 15 is 0 Å². The zero-order valence-corrected chi connectivity index (χ0v) is 27.9. The molecule has 0 aromatic heterocycles. The Labute approximate surface area is 293 Å². The number of halogens is 6. The van der Waals surface area contributed by atoms with E-state index in [1.807, 2.05) is 0 Å². The van der Waals surface area contributed by atoms with Crippen LogP contribution in [0.25, 0.3) is 0 Å². The molecular weight excluding hydrogens is 721 g/mol. The number of hydrogen-bond acceptors (Lipinski definition) is 9. The van der Waals surface area contributed by atoms with Crippen LogP contribution in [0, 0.1) is 0 Å². The summed E-state index contributed by atoms with van der Waals surface area (Å²) in [5.74, 6) is -2.75. The van der Waals surface area contributed by atoms with Gasteiger partial charge in [0.25, 0.3) is 0 Å². The highest BCUT2D eigenvalue weighted by Gasteiger charge is 2.47. The van der Waals surface area contributed by atoms with E-state index in [9.17, 15) is 40.8 Å². The number of aliphatic hydroxyl groups excluding tert-OH is 1. The van der Waals surface area contributed by atoms with Gasteiger partial charge in [-0.3, -0.25) is 13.6 Å². The molecule has 0 spiro atoms. The standard InChI is InChI=1S/C36H31F6O9P/c37-35(38,39)28-17-9-7-15-26(28)22-46-32-31(50-34(44)33(32)47-23-27-16-8-10-18-29(27)36(40,41)42)30(19-43)51-52(45,48-20-24-11-3-1-4-12-24)49-21-25-13-5-2-6-14-25/h1-18,30-31,43H,19-23H2. The van der Waals surface area contributed by atoms with Gasteiger partial charge < -0.3 is 19.3 Å². The molecule has 16 heteroatoms. The molecule has 0 saturated heterocycles. The van der Waals surface area contributed by atoms with Crippen molar-refractivity contribution in [2.24, 2.45) is 0 Å². The number of ether oxygens (including phenoxy) is 3. The molecule has 0 amide bonds. The number of phosphoric ester groups is 1. The second kappa shape index (κ2) is 16.8. The zero-order valence-electron chi connectivity index (χ0n) is 27.0. The van der Waals surface area contributed by atoms with Gasteiger partial charge in [-0.15, -0.1) is 0 Å². The first-order chi connectivity index (χ1) is 24.8. The quantitative estimate of drug-likeness (QED) is 0.0685. The monoisotopic (exact) mass is 752 g/mol. The van der Waals surface area contributed by atoms with Crippen molar-refractivity contribution in [2.75, 3.05) is 6.61 Å². The van der Waals surface area contributed by atoms with Gasteiger partial charge in [-0.1, -0.05) is 97.1 Å². The van der Waals surface area contributed by atoms with Crippen molar-refractivity contribution < 1.29 is 68.6 Å². The highest BCUT2D eigenvalue weighted by atomic mass is 31.2. The molecule has 52 heavy (non-hydrogen) atoms. The molecule has 9 nitrogen and oxygen atoms in total. The van der Waals surface area contributed by atoms with Crippen molar-refractivity contribution >= 4 is 13.8 Å². The first kappa shape index (κ1) is 38.6. The van der Waals surface area contributed by atoms with Gasteiger partial charge in [-0.25, -0.2) is 9.36 Å². The zero-order chi connectivity index (χ0) is 37.4. The average molecular weight is 753 g/mol. The number of benzene rings is 4. The Hall–Kier alpha value is -4.66. The van der Waals surface area contributed by atoms with E-state index in [-0.39, 0.29) is 24.3 Å². The molecule has 1 aliphatic heterocycles. The first-order valence-corrected chi connectivity index (χ1v) is 17.0. The van der Waals surface area contributed by atoms with Crippen LogP contribution in [0.2, 0.25) is 0 Å². The summed E-state index contributed by atoms with van der Waals surface area (Å²) in [5.41, 5.74) is -1.78. The molecule has 4 aromatic carbocycles. The molecule has 0 bridgehead atoms. The second-order valence-corrected chi connectivity index (χ2v) is 12.8. The summed E-state index contributed by atoms with van der Waals surface area (Å²) in [5, 5.41) is 10.4. The number of cyclic esters (lactones) is 1. The van der Waals surface area contributed by atoms with Crippen molar-refractivity contribution in [3.8, 4) is 0 Å². The largest absolute Gasteiger partial charge is 0.485 e. The van der Waals surface area contributed by atoms with Gasteiger partial charge in [0, 0.05) is 11.1 Å². The number of esters is 1. The molecule has 2 atom stereocenters. The number of phosphoric acid groups is 1. The minimum atomic E-state index is -4.80. The summed E-state index contributed by atoms with van der Waals surface area (Å²) in [6.07, 6.45) is -13.2. The van der Waals surface area contributed by atoms with Crippen molar-refractivity contribution in [2.45, 2.75) is 51.0 Å². The van der Waals surface area contributed by atoms with Crippen LogP contribution in [0.3, 0.4) is 0 Å². The fourth-order valence-electron chi connectivity index (χ4n) is 5.03. The highest BCUT2D eigenvalue weighted by molar-refractivity contribution is 7.48. The van der Waals surface area contributed by atoms with Crippen molar-refractivity contribution in [1.82, 2.24) is 0 Å². The van der Waals surface area contributed by atoms with Crippen molar-refractivity contribution in [3.63, 3.8) is 0 Å². The van der Waals surface area contributed by atoms with Crippen LogP contribution in [-0.2, 0) is 75.9 Å². The molecular formula is C36H31F6O9P. The molecule has 5 rings (SSSR count). The number of alkyl halides is 6. The van der Waals surface area contributed by atoms with E-state index in [4.69, 9.17) is 27.8 Å².